The average Bonchev–Trinajstić information content (AvgIpc) is 3.05. The SMILES string of the molecule is CC/C=C/C=C/C=C/C=C/CCCCCCCC(=O)OCC(COCCC(C(=O)O)[N+](C)(C)C)OC(=O)CCCCCC/C=C/CCCC. The van der Waals surface area contributed by atoms with Crippen LogP contribution in [0.3, 0.4) is 0 Å². The Morgan fingerprint density at radius 1 is 0.633 bits per heavy atom. The molecule has 0 aliphatic heterocycles. The summed E-state index contributed by atoms with van der Waals surface area (Å²) in [5.41, 5.74) is 0. The van der Waals surface area contributed by atoms with E-state index >= 15 is 0 Å². The van der Waals surface area contributed by atoms with Crippen molar-refractivity contribution in [1.82, 2.24) is 0 Å². The number of carbonyl (C=O) groups excluding carboxylic acids is 2. The molecule has 0 aromatic rings. The Labute approximate surface area is 298 Å². The van der Waals surface area contributed by atoms with Crippen molar-refractivity contribution in [3.8, 4) is 0 Å². The van der Waals surface area contributed by atoms with Crippen molar-refractivity contribution < 1.29 is 38.2 Å². The van der Waals surface area contributed by atoms with E-state index in [4.69, 9.17) is 14.2 Å². The summed E-state index contributed by atoms with van der Waals surface area (Å²) in [4.78, 5) is 36.7. The van der Waals surface area contributed by atoms with E-state index in [2.05, 4.69) is 44.2 Å². The fraction of sp³-hybridized carbons (Fsp3) is 0.683. The van der Waals surface area contributed by atoms with Crippen LogP contribution in [0, 0.1) is 0 Å². The summed E-state index contributed by atoms with van der Waals surface area (Å²) in [6, 6.07) is -0.620. The first-order valence-electron chi connectivity index (χ1n) is 18.9. The largest absolute Gasteiger partial charge is 0.477 e. The van der Waals surface area contributed by atoms with Gasteiger partial charge in [-0.3, -0.25) is 9.59 Å². The maximum absolute atomic E-state index is 12.6. The summed E-state index contributed by atoms with van der Waals surface area (Å²) in [5, 5.41) is 9.57. The van der Waals surface area contributed by atoms with E-state index in [0.717, 1.165) is 83.5 Å². The molecule has 0 aromatic carbocycles. The van der Waals surface area contributed by atoms with Gasteiger partial charge in [0, 0.05) is 19.3 Å². The molecule has 0 heterocycles. The molecule has 0 spiro atoms. The third-order valence-electron chi connectivity index (χ3n) is 8.00. The van der Waals surface area contributed by atoms with Crippen molar-refractivity contribution in [2.24, 2.45) is 0 Å². The monoisotopic (exact) mass is 689 g/mol. The van der Waals surface area contributed by atoms with Gasteiger partial charge in [0.1, 0.15) is 6.61 Å². The zero-order valence-corrected chi connectivity index (χ0v) is 31.6. The first kappa shape index (κ1) is 46.0. The number of carbonyl (C=O) groups is 3. The van der Waals surface area contributed by atoms with Crippen LogP contribution in [0.25, 0.3) is 0 Å². The average molecular weight is 689 g/mol. The van der Waals surface area contributed by atoms with Crippen LogP contribution in [-0.4, -0.2) is 80.6 Å². The van der Waals surface area contributed by atoms with Crippen LogP contribution in [0.15, 0.2) is 60.8 Å². The highest BCUT2D eigenvalue weighted by Gasteiger charge is 2.31. The number of hydrogen-bond donors (Lipinski definition) is 1. The van der Waals surface area contributed by atoms with E-state index in [1.54, 1.807) is 0 Å². The molecule has 0 bridgehead atoms. The summed E-state index contributed by atoms with van der Waals surface area (Å²) in [6.45, 7) is 4.48. The lowest BCUT2D eigenvalue weighted by molar-refractivity contribution is -0.887. The van der Waals surface area contributed by atoms with Crippen LogP contribution >= 0.6 is 0 Å². The van der Waals surface area contributed by atoms with Gasteiger partial charge in [-0.2, -0.15) is 0 Å². The second kappa shape index (κ2) is 32.2. The number of nitrogens with zero attached hydrogens (tertiary/aromatic N) is 1. The van der Waals surface area contributed by atoms with Gasteiger partial charge < -0.3 is 23.8 Å². The van der Waals surface area contributed by atoms with Crippen LogP contribution in [0.2, 0.25) is 0 Å². The van der Waals surface area contributed by atoms with Crippen molar-refractivity contribution in [1.29, 1.82) is 0 Å². The zero-order valence-electron chi connectivity index (χ0n) is 31.6. The number of carboxylic acids is 1. The van der Waals surface area contributed by atoms with Gasteiger partial charge in [-0.15, -0.1) is 0 Å². The van der Waals surface area contributed by atoms with Gasteiger partial charge in [-0.25, -0.2) is 4.79 Å². The Morgan fingerprint density at radius 3 is 1.76 bits per heavy atom. The Hall–Kier alpha value is -2.97. The Morgan fingerprint density at radius 2 is 1.16 bits per heavy atom. The number of esters is 2. The number of unbranched alkanes of at least 4 members (excludes halogenated alkanes) is 11. The van der Waals surface area contributed by atoms with Gasteiger partial charge in [0.25, 0.3) is 0 Å². The number of rotatable bonds is 32. The van der Waals surface area contributed by atoms with E-state index in [0.29, 0.717) is 19.3 Å². The minimum absolute atomic E-state index is 0.0457. The molecular weight excluding hydrogens is 618 g/mol. The third-order valence-corrected chi connectivity index (χ3v) is 8.00. The zero-order chi connectivity index (χ0) is 36.4. The summed E-state index contributed by atoms with van der Waals surface area (Å²) in [6.07, 6.45) is 36.9. The van der Waals surface area contributed by atoms with Crippen LogP contribution in [0.4, 0.5) is 0 Å². The standard InChI is InChI=1S/C41H69NO7/c1-6-8-10-12-14-16-18-19-20-21-22-24-25-27-29-31-39(43)48-36-37(35-47-34-33-38(41(45)46)42(3,4)5)49-40(44)32-30-28-26-23-17-15-13-11-9-7-2/h8,10,12-16,18-20,37-38H,6-7,9,11,17,21-36H2,1-5H3/p+1/b10-8+,14-12+,15-13+,18-16+,20-19+. The molecule has 0 aromatic heterocycles. The first-order valence-corrected chi connectivity index (χ1v) is 18.9. The topological polar surface area (TPSA) is 99.1 Å². The summed E-state index contributed by atoms with van der Waals surface area (Å²) in [5.74, 6) is -1.53. The highest BCUT2D eigenvalue weighted by Crippen LogP contribution is 2.12. The van der Waals surface area contributed by atoms with Crippen molar-refractivity contribution in [3.63, 3.8) is 0 Å². The van der Waals surface area contributed by atoms with Crippen molar-refractivity contribution >= 4 is 17.9 Å². The molecule has 0 saturated heterocycles. The van der Waals surface area contributed by atoms with Crippen LogP contribution in [0.1, 0.15) is 129 Å². The number of ether oxygens (including phenoxy) is 3. The van der Waals surface area contributed by atoms with E-state index in [1.807, 2.05) is 51.5 Å². The molecular formula is C41H70NO7+. The second-order valence-corrected chi connectivity index (χ2v) is 13.5. The van der Waals surface area contributed by atoms with Crippen molar-refractivity contribution in [2.45, 2.75) is 142 Å². The molecule has 0 aliphatic rings. The number of likely N-dealkylation sites (N-methyl/N-ethyl adjacent to an activating group) is 1. The fourth-order valence-corrected chi connectivity index (χ4v) is 5.02. The summed E-state index contributed by atoms with van der Waals surface area (Å²) >= 11 is 0. The van der Waals surface area contributed by atoms with Crippen LogP contribution < -0.4 is 0 Å². The molecule has 2 unspecified atom stereocenters. The third kappa shape index (κ3) is 30.8. The maximum Gasteiger partial charge on any atom is 0.362 e. The van der Waals surface area contributed by atoms with Crippen molar-refractivity contribution in [3.05, 3.63) is 60.8 Å². The number of allylic oxidation sites excluding steroid dienone is 10. The number of hydrogen-bond acceptors (Lipinski definition) is 6. The Balaban J connectivity index is 4.48. The second-order valence-electron chi connectivity index (χ2n) is 13.5. The highest BCUT2D eigenvalue weighted by atomic mass is 16.6. The fourth-order valence-electron chi connectivity index (χ4n) is 5.02. The predicted octanol–water partition coefficient (Wildman–Crippen LogP) is 9.46. The van der Waals surface area contributed by atoms with Gasteiger partial charge in [0.05, 0.1) is 34.4 Å². The molecule has 1 N–H and O–H groups in total. The van der Waals surface area contributed by atoms with E-state index in [-0.39, 0.29) is 36.2 Å². The lowest BCUT2D eigenvalue weighted by Crippen LogP contribution is -2.50. The molecule has 2 atom stereocenters. The minimum Gasteiger partial charge on any atom is -0.477 e. The number of quaternary nitrogens is 1. The molecule has 8 heteroatoms. The maximum atomic E-state index is 12.6. The van der Waals surface area contributed by atoms with Gasteiger partial charge in [0.15, 0.2) is 12.1 Å². The van der Waals surface area contributed by atoms with E-state index in [9.17, 15) is 19.5 Å². The smallest absolute Gasteiger partial charge is 0.362 e. The molecule has 0 rings (SSSR count). The lowest BCUT2D eigenvalue weighted by Gasteiger charge is -2.31. The Kier molecular flexibility index (Phi) is 30.3. The summed E-state index contributed by atoms with van der Waals surface area (Å²) in [7, 11) is 5.49. The molecule has 0 aliphatic carbocycles. The number of aliphatic carboxylic acids is 1. The van der Waals surface area contributed by atoms with Crippen LogP contribution in [0.5, 0.6) is 0 Å². The highest BCUT2D eigenvalue weighted by molar-refractivity contribution is 5.72. The van der Waals surface area contributed by atoms with Crippen LogP contribution in [-0.2, 0) is 28.6 Å². The molecule has 8 nitrogen and oxygen atoms in total. The van der Waals surface area contributed by atoms with Gasteiger partial charge in [-0.05, 0) is 51.4 Å². The van der Waals surface area contributed by atoms with E-state index in [1.165, 1.54) is 12.8 Å². The quantitative estimate of drug-likeness (QED) is 0.0247. The number of carboxylic acid groups (broad SMARTS) is 1. The summed E-state index contributed by atoms with van der Waals surface area (Å²) < 4.78 is 17.1. The Bertz CT molecular complexity index is 990. The molecule has 0 fully saturated rings. The van der Waals surface area contributed by atoms with Gasteiger partial charge in [-0.1, -0.05) is 120 Å². The molecule has 280 valence electrons. The molecule has 0 saturated carbocycles. The van der Waals surface area contributed by atoms with Gasteiger partial charge >= 0.3 is 17.9 Å². The first-order chi connectivity index (χ1) is 23.6. The van der Waals surface area contributed by atoms with E-state index < -0.39 is 18.1 Å². The molecule has 0 amide bonds. The normalized spacial score (nSPS) is 13.7. The molecule has 0 radical (unpaired) electrons. The minimum atomic E-state index is -0.885. The predicted molar refractivity (Wildman–Crippen MR) is 201 cm³/mol. The molecule has 49 heavy (non-hydrogen) atoms. The van der Waals surface area contributed by atoms with Crippen molar-refractivity contribution in [2.75, 3.05) is 41.0 Å². The van der Waals surface area contributed by atoms with Gasteiger partial charge in [0.2, 0.25) is 0 Å². The lowest BCUT2D eigenvalue weighted by atomic mass is 10.1.